The SMILES string of the molecule is O=C(Nc1cccc2ccccc12)c1ccc2nc(-c3ccc[nH]3)c(-c3ccc[nH]3)nc2c1. The van der Waals surface area contributed by atoms with Crippen LogP contribution in [0.1, 0.15) is 10.4 Å². The number of benzene rings is 3. The summed E-state index contributed by atoms with van der Waals surface area (Å²) in [4.78, 5) is 29.3. The molecule has 6 rings (SSSR count). The van der Waals surface area contributed by atoms with Gasteiger partial charge in [0.05, 0.1) is 22.4 Å². The minimum atomic E-state index is -0.190. The normalized spacial score (nSPS) is 11.2. The van der Waals surface area contributed by atoms with E-state index in [2.05, 4.69) is 15.3 Å². The summed E-state index contributed by atoms with van der Waals surface area (Å²) in [6.45, 7) is 0. The lowest BCUT2D eigenvalue weighted by Crippen LogP contribution is -2.12. The third-order valence-corrected chi connectivity index (χ3v) is 5.67. The van der Waals surface area contributed by atoms with Crippen molar-refractivity contribution in [2.75, 3.05) is 5.32 Å². The van der Waals surface area contributed by atoms with Gasteiger partial charge in [0.1, 0.15) is 11.4 Å². The molecule has 0 saturated carbocycles. The summed E-state index contributed by atoms with van der Waals surface area (Å²) in [5.74, 6) is -0.190. The highest BCUT2D eigenvalue weighted by Gasteiger charge is 2.16. The molecule has 0 atom stereocenters. The number of anilines is 1. The molecule has 6 aromatic rings. The number of hydrogen-bond acceptors (Lipinski definition) is 3. The van der Waals surface area contributed by atoms with Crippen molar-refractivity contribution in [1.82, 2.24) is 19.9 Å². The number of fused-ring (bicyclic) bond motifs is 2. The lowest BCUT2D eigenvalue weighted by Gasteiger charge is -2.11. The fourth-order valence-electron chi connectivity index (χ4n) is 4.06. The molecule has 3 N–H and O–H groups in total. The van der Waals surface area contributed by atoms with E-state index in [1.165, 1.54) is 0 Å². The highest BCUT2D eigenvalue weighted by molar-refractivity contribution is 6.10. The number of aromatic nitrogens is 4. The Bertz CT molecular complexity index is 1600. The summed E-state index contributed by atoms with van der Waals surface area (Å²) in [5.41, 5.74) is 5.89. The van der Waals surface area contributed by atoms with Crippen molar-refractivity contribution in [3.63, 3.8) is 0 Å². The van der Waals surface area contributed by atoms with E-state index < -0.39 is 0 Å². The van der Waals surface area contributed by atoms with Crippen LogP contribution in [0.3, 0.4) is 0 Å². The molecule has 3 heterocycles. The van der Waals surface area contributed by atoms with Crippen LogP contribution in [-0.2, 0) is 0 Å². The maximum Gasteiger partial charge on any atom is 0.255 e. The zero-order chi connectivity index (χ0) is 22.2. The van der Waals surface area contributed by atoms with Gasteiger partial charge in [-0.15, -0.1) is 0 Å². The van der Waals surface area contributed by atoms with Crippen LogP contribution in [0.25, 0.3) is 44.6 Å². The molecule has 3 aromatic heterocycles. The first kappa shape index (κ1) is 19.0. The molecule has 1 amide bonds. The number of aromatic amines is 2. The van der Waals surface area contributed by atoms with E-state index in [9.17, 15) is 4.79 Å². The number of amides is 1. The van der Waals surface area contributed by atoms with Crippen molar-refractivity contribution in [2.45, 2.75) is 0 Å². The zero-order valence-corrected chi connectivity index (χ0v) is 17.5. The number of rotatable bonds is 4. The molecule has 0 radical (unpaired) electrons. The van der Waals surface area contributed by atoms with E-state index in [-0.39, 0.29) is 5.91 Å². The molecule has 0 unspecified atom stereocenters. The van der Waals surface area contributed by atoms with E-state index in [1.807, 2.05) is 85.2 Å². The number of H-pyrrole nitrogens is 2. The number of carbonyl (C=O) groups is 1. The third-order valence-electron chi connectivity index (χ3n) is 5.67. The van der Waals surface area contributed by atoms with Crippen molar-refractivity contribution in [1.29, 1.82) is 0 Å². The molecular weight excluding hydrogens is 410 g/mol. The van der Waals surface area contributed by atoms with Crippen molar-refractivity contribution in [2.24, 2.45) is 0 Å². The highest BCUT2D eigenvalue weighted by atomic mass is 16.1. The van der Waals surface area contributed by atoms with E-state index in [0.29, 0.717) is 11.1 Å². The fraction of sp³-hybridized carbons (Fsp3) is 0. The lowest BCUT2D eigenvalue weighted by atomic mass is 10.1. The van der Waals surface area contributed by atoms with Crippen LogP contribution in [0, 0.1) is 0 Å². The van der Waals surface area contributed by atoms with Crippen molar-refractivity contribution in [3.05, 3.63) is 103 Å². The Kier molecular flexibility index (Phi) is 4.47. The van der Waals surface area contributed by atoms with Crippen LogP contribution in [0.5, 0.6) is 0 Å². The Morgan fingerprint density at radius 1 is 0.697 bits per heavy atom. The van der Waals surface area contributed by atoms with Crippen molar-refractivity contribution >= 4 is 33.4 Å². The average Bonchev–Trinajstić information content (AvgIpc) is 3.58. The van der Waals surface area contributed by atoms with E-state index in [4.69, 9.17) is 9.97 Å². The summed E-state index contributed by atoms with van der Waals surface area (Å²) in [6, 6.07) is 27.0. The van der Waals surface area contributed by atoms with Crippen LogP contribution in [0.2, 0.25) is 0 Å². The molecule has 33 heavy (non-hydrogen) atoms. The van der Waals surface area contributed by atoms with Crippen LogP contribution >= 0.6 is 0 Å². The second kappa shape index (κ2) is 7.76. The van der Waals surface area contributed by atoms with Crippen LogP contribution < -0.4 is 5.32 Å². The van der Waals surface area contributed by atoms with E-state index in [0.717, 1.165) is 44.8 Å². The van der Waals surface area contributed by atoms with Gasteiger partial charge in [0.15, 0.2) is 0 Å². The van der Waals surface area contributed by atoms with Crippen LogP contribution in [-0.4, -0.2) is 25.8 Å². The Hall–Kier alpha value is -4.71. The molecule has 0 aliphatic carbocycles. The standard InChI is InChI=1S/C27H19N5O/c33-27(32-20-9-3-7-17-6-1-2-8-19(17)20)18-12-13-21-24(16-18)31-26(23-11-5-15-29-23)25(30-21)22-10-4-14-28-22/h1-16,28-29H,(H,32,33). The van der Waals surface area contributed by atoms with Gasteiger partial charge in [0.25, 0.3) is 5.91 Å². The second-order valence-corrected chi connectivity index (χ2v) is 7.77. The third kappa shape index (κ3) is 3.43. The summed E-state index contributed by atoms with van der Waals surface area (Å²) < 4.78 is 0. The first-order valence-electron chi connectivity index (χ1n) is 10.6. The summed E-state index contributed by atoms with van der Waals surface area (Å²) in [6.07, 6.45) is 3.72. The average molecular weight is 429 g/mol. The maximum absolute atomic E-state index is 13.1. The molecule has 0 bridgehead atoms. The fourth-order valence-corrected chi connectivity index (χ4v) is 4.06. The predicted octanol–water partition coefficient (Wildman–Crippen LogP) is 6.03. The minimum absolute atomic E-state index is 0.190. The molecule has 0 spiro atoms. The lowest BCUT2D eigenvalue weighted by molar-refractivity contribution is 0.102. The van der Waals surface area contributed by atoms with Gasteiger partial charge in [-0.3, -0.25) is 4.79 Å². The van der Waals surface area contributed by atoms with Crippen molar-refractivity contribution < 1.29 is 4.79 Å². The Labute approximate surface area is 189 Å². The van der Waals surface area contributed by atoms with Crippen molar-refractivity contribution in [3.8, 4) is 22.8 Å². The van der Waals surface area contributed by atoms with E-state index in [1.54, 1.807) is 12.1 Å². The smallest absolute Gasteiger partial charge is 0.255 e. The molecule has 0 aliphatic heterocycles. The number of nitrogens with one attached hydrogen (secondary N) is 3. The molecule has 0 saturated heterocycles. The van der Waals surface area contributed by atoms with Gasteiger partial charge in [-0.1, -0.05) is 36.4 Å². The molecule has 6 nitrogen and oxygen atoms in total. The summed E-state index contributed by atoms with van der Waals surface area (Å²) in [5, 5.41) is 5.12. The quantitative estimate of drug-likeness (QED) is 0.320. The van der Waals surface area contributed by atoms with Crippen LogP contribution in [0.4, 0.5) is 5.69 Å². The van der Waals surface area contributed by atoms with Gasteiger partial charge in [-0.2, -0.15) is 0 Å². The first-order valence-corrected chi connectivity index (χ1v) is 10.6. The van der Waals surface area contributed by atoms with Crippen LogP contribution in [0.15, 0.2) is 97.3 Å². The minimum Gasteiger partial charge on any atom is -0.360 e. The molecule has 158 valence electrons. The summed E-state index contributed by atoms with van der Waals surface area (Å²) in [7, 11) is 0. The van der Waals surface area contributed by atoms with Gasteiger partial charge in [0, 0.05) is 29.0 Å². The van der Waals surface area contributed by atoms with Gasteiger partial charge in [-0.25, -0.2) is 9.97 Å². The largest absolute Gasteiger partial charge is 0.360 e. The molecule has 0 aliphatic rings. The molecule has 0 fully saturated rings. The zero-order valence-electron chi connectivity index (χ0n) is 17.5. The Balaban J connectivity index is 1.42. The first-order chi connectivity index (χ1) is 16.3. The molecule has 3 aromatic carbocycles. The van der Waals surface area contributed by atoms with E-state index >= 15 is 0 Å². The summed E-state index contributed by atoms with van der Waals surface area (Å²) >= 11 is 0. The Morgan fingerprint density at radius 3 is 2.12 bits per heavy atom. The second-order valence-electron chi connectivity index (χ2n) is 7.77. The monoisotopic (exact) mass is 429 g/mol. The number of hydrogen-bond donors (Lipinski definition) is 3. The highest BCUT2D eigenvalue weighted by Crippen LogP contribution is 2.30. The van der Waals surface area contributed by atoms with Gasteiger partial charge in [0.2, 0.25) is 0 Å². The van der Waals surface area contributed by atoms with Gasteiger partial charge in [-0.05, 0) is 53.9 Å². The van der Waals surface area contributed by atoms with Gasteiger partial charge >= 0.3 is 0 Å². The topological polar surface area (TPSA) is 86.5 Å². The molecule has 6 heteroatoms. The molecular formula is C27H19N5O. The van der Waals surface area contributed by atoms with Gasteiger partial charge < -0.3 is 15.3 Å². The number of nitrogens with zero attached hydrogens (tertiary/aromatic N) is 2. The maximum atomic E-state index is 13.1. The predicted molar refractivity (Wildman–Crippen MR) is 131 cm³/mol. The Morgan fingerprint density at radius 2 is 1.39 bits per heavy atom. The number of carbonyl (C=O) groups excluding carboxylic acids is 1.